The van der Waals surface area contributed by atoms with E-state index in [1.54, 1.807) is 6.20 Å². The third-order valence-corrected chi connectivity index (χ3v) is 2.56. The van der Waals surface area contributed by atoms with Crippen LogP contribution in [0, 0.1) is 0 Å². The van der Waals surface area contributed by atoms with Gasteiger partial charge in [0.25, 0.3) is 0 Å². The van der Waals surface area contributed by atoms with E-state index in [9.17, 15) is 5.11 Å². The van der Waals surface area contributed by atoms with Crippen LogP contribution in [-0.2, 0) is 0 Å². The summed E-state index contributed by atoms with van der Waals surface area (Å²) in [5.74, 6) is 0.536. The summed E-state index contributed by atoms with van der Waals surface area (Å²) in [6.07, 6.45) is 6.56. The number of hydrogen-bond acceptors (Lipinski definition) is 2. The molecule has 1 N–H and O–H groups in total. The summed E-state index contributed by atoms with van der Waals surface area (Å²) in [6.45, 7) is 0. The SMILES string of the molecule is O[C@H]1CC[C@@H](c2cccnc2)C1. The highest BCUT2D eigenvalue weighted by Crippen LogP contribution is 2.33. The number of aliphatic hydroxyl groups excluding tert-OH is 1. The summed E-state index contributed by atoms with van der Waals surface area (Å²) in [7, 11) is 0. The molecule has 2 rings (SSSR count). The Morgan fingerprint density at radius 3 is 2.92 bits per heavy atom. The number of hydrogen-bond donors (Lipinski definition) is 1. The van der Waals surface area contributed by atoms with E-state index < -0.39 is 0 Å². The Kier molecular flexibility index (Phi) is 2.09. The molecule has 0 unspecified atom stereocenters. The smallest absolute Gasteiger partial charge is 0.0546 e. The van der Waals surface area contributed by atoms with E-state index in [0.29, 0.717) is 5.92 Å². The van der Waals surface area contributed by atoms with E-state index in [0.717, 1.165) is 19.3 Å². The molecule has 0 aromatic carbocycles. The summed E-state index contributed by atoms with van der Waals surface area (Å²) in [5, 5.41) is 9.34. The fourth-order valence-electron chi connectivity index (χ4n) is 1.88. The third-order valence-electron chi connectivity index (χ3n) is 2.56. The van der Waals surface area contributed by atoms with Crippen molar-refractivity contribution in [3.05, 3.63) is 30.1 Å². The zero-order valence-corrected chi connectivity index (χ0v) is 6.98. The highest BCUT2D eigenvalue weighted by atomic mass is 16.3. The molecule has 0 saturated heterocycles. The molecule has 1 fully saturated rings. The quantitative estimate of drug-likeness (QED) is 0.683. The monoisotopic (exact) mass is 163 g/mol. The van der Waals surface area contributed by atoms with Crippen molar-refractivity contribution in [3.8, 4) is 0 Å². The highest BCUT2D eigenvalue weighted by molar-refractivity contribution is 5.16. The lowest BCUT2D eigenvalue weighted by Crippen LogP contribution is -1.99. The van der Waals surface area contributed by atoms with Gasteiger partial charge in [0.15, 0.2) is 0 Å². The second-order valence-electron chi connectivity index (χ2n) is 3.45. The van der Waals surface area contributed by atoms with Gasteiger partial charge < -0.3 is 5.11 Å². The maximum atomic E-state index is 9.34. The van der Waals surface area contributed by atoms with Crippen molar-refractivity contribution in [3.63, 3.8) is 0 Å². The summed E-state index contributed by atoms with van der Waals surface area (Å²) in [6, 6.07) is 4.05. The molecular weight excluding hydrogens is 150 g/mol. The highest BCUT2D eigenvalue weighted by Gasteiger charge is 2.23. The molecule has 2 atom stereocenters. The van der Waals surface area contributed by atoms with E-state index in [1.165, 1.54) is 5.56 Å². The second kappa shape index (κ2) is 3.23. The van der Waals surface area contributed by atoms with Gasteiger partial charge >= 0.3 is 0 Å². The zero-order valence-electron chi connectivity index (χ0n) is 6.98. The van der Waals surface area contributed by atoms with Gasteiger partial charge in [-0.2, -0.15) is 0 Å². The molecule has 1 heterocycles. The van der Waals surface area contributed by atoms with Gasteiger partial charge in [0.1, 0.15) is 0 Å². The van der Waals surface area contributed by atoms with E-state index >= 15 is 0 Å². The average Bonchev–Trinajstić information content (AvgIpc) is 2.54. The zero-order chi connectivity index (χ0) is 8.39. The lowest BCUT2D eigenvalue weighted by Gasteiger charge is -2.07. The fraction of sp³-hybridized carbons (Fsp3) is 0.500. The molecule has 1 saturated carbocycles. The molecule has 0 spiro atoms. The Morgan fingerprint density at radius 1 is 1.42 bits per heavy atom. The number of nitrogens with zero attached hydrogens (tertiary/aromatic N) is 1. The van der Waals surface area contributed by atoms with Crippen molar-refractivity contribution in [2.75, 3.05) is 0 Å². The molecule has 0 radical (unpaired) electrons. The van der Waals surface area contributed by atoms with Crippen LogP contribution in [0.1, 0.15) is 30.7 Å². The minimum Gasteiger partial charge on any atom is -0.393 e. The van der Waals surface area contributed by atoms with E-state index in [2.05, 4.69) is 11.1 Å². The molecule has 2 nitrogen and oxygen atoms in total. The van der Waals surface area contributed by atoms with Crippen molar-refractivity contribution >= 4 is 0 Å². The second-order valence-corrected chi connectivity index (χ2v) is 3.45. The van der Waals surface area contributed by atoms with Gasteiger partial charge in [0.05, 0.1) is 6.10 Å². The van der Waals surface area contributed by atoms with E-state index in [-0.39, 0.29) is 6.10 Å². The van der Waals surface area contributed by atoms with Crippen molar-refractivity contribution in [1.29, 1.82) is 0 Å². The molecule has 12 heavy (non-hydrogen) atoms. The Labute approximate surface area is 72.3 Å². The van der Waals surface area contributed by atoms with Crippen molar-refractivity contribution in [2.45, 2.75) is 31.3 Å². The van der Waals surface area contributed by atoms with E-state index in [1.807, 2.05) is 12.3 Å². The van der Waals surface area contributed by atoms with Gasteiger partial charge in [-0.15, -0.1) is 0 Å². The molecule has 1 aliphatic rings. The van der Waals surface area contributed by atoms with Crippen molar-refractivity contribution in [1.82, 2.24) is 4.98 Å². The molecule has 1 aliphatic carbocycles. The first-order chi connectivity index (χ1) is 5.86. The molecule has 1 aromatic heterocycles. The Bertz CT molecular complexity index is 247. The van der Waals surface area contributed by atoms with Crippen LogP contribution < -0.4 is 0 Å². The number of rotatable bonds is 1. The number of aliphatic hydroxyl groups is 1. The third kappa shape index (κ3) is 1.48. The summed E-state index contributed by atoms with van der Waals surface area (Å²) in [4.78, 5) is 4.07. The lowest BCUT2D eigenvalue weighted by atomic mass is 10.00. The molecule has 0 aliphatic heterocycles. The molecule has 2 heteroatoms. The van der Waals surface area contributed by atoms with Crippen molar-refractivity contribution in [2.24, 2.45) is 0 Å². The first-order valence-electron chi connectivity index (χ1n) is 4.44. The molecule has 1 aromatic rings. The van der Waals surface area contributed by atoms with Crippen LogP contribution in [0.4, 0.5) is 0 Å². The number of pyridine rings is 1. The topological polar surface area (TPSA) is 33.1 Å². The Balaban J connectivity index is 2.11. The van der Waals surface area contributed by atoms with Crippen LogP contribution in [0.3, 0.4) is 0 Å². The number of aromatic nitrogens is 1. The summed E-state index contributed by atoms with van der Waals surface area (Å²) < 4.78 is 0. The van der Waals surface area contributed by atoms with Crippen LogP contribution >= 0.6 is 0 Å². The van der Waals surface area contributed by atoms with Crippen LogP contribution in [0.15, 0.2) is 24.5 Å². The van der Waals surface area contributed by atoms with Crippen LogP contribution in [0.25, 0.3) is 0 Å². The van der Waals surface area contributed by atoms with Crippen LogP contribution in [-0.4, -0.2) is 16.2 Å². The van der Waals surface area contributed by atoms with E-state index in [4.69, 9.17) is 0 Å². The molecule has 0 bridgehead atoms. The predicted molar refractivity (Wildman–Crippen MR) is 46.8 cm³/mol. The van der Waals surface area contributed by atoms with Gasteiger partial charge in [0.2, 0.25) is 0 Å². The maximum Gasteiger partial charge on any atom is 0.0546 e. The minimum absolute atomic E-state index is 0.0878. The average molecular weight is 163 g/mol. The maximum absolute atomic E-state index is 9.34. The van der Waals surface area contributed by atoms with Crippen LogP contribution in [0.5, 0.6) is 0 Å². The summed E-state index contributed by atoms with van der Waals surface area (Å²) >= 11 is 0. The molecule has 0 amide bonds. The molecule has 64 valence electrons. The van der Waals surface area contributed by atoms with Gasteiger partial charge in [-0.3, -0.25) is 4.98 Å². The fourth-order valence-corrected chi connectivity index (χ4v) is 1.88. The van der Waals surface area contributed by atoms with Gasteiger partial charge in [0, 0.05) is 12.4 Å². The largest absolute Gasteiger partial charge is 0.393 e. The Hall–Kier alpha value is -0.890. The first kappa shape index (κ1) is 7.74. The van der Waals surface area contributed by atoms with Gasteiger partial charge in [-0.1, -0.05) is 6.07 Å². The van der Waals surface area contributed by atoms with Crippen molar-refractivity contribution < 1.29 is 5.11 Å². The standard InChI is InChI=1S/C10H13NO/c12-10-4-3-8(6-10)9-2-1-5-11-7-9/h1-2,5,7-8,10,12H,3-4,6H2/t8-,10+/m1/s1. The predicted octanol–water partition coefficient (Wildman–Crippen LogP) is 1.71. The normalized spacial score (nSPS) is 29.1. The first-order valence-corrected chi connectivity index (χ1v) is 4.44. The van der Waals surface area contributed by atoms with Crippen LogP contribution in [0.2, 0.25) is 0 Å². The van der Waals surface area contributed by atoms with Gasteiger partial charge in [-0.05, 0) is 36.8 Å². The molecular formula is C10H13NO. The summed E-state index contributed by atoms with van der Waals surface area (Å²) in [5.41, 5.74) is 1.27. The Morgan fingerprint density at radius 2 is 2.33 bits per heavy atom. The minimum atomic E-state index is -0.0878. The lowest BCUT2D eigenvalue weighted by molar-refractivity contribution is 0.181. The van der Waals surface area contributed by atoms with Gasteiger partial charge in [-0.25, -0.2) is 0 Å².